The Morgan fingerprint density at radius 3 is 2.75 bits per heavy atom. The van der Waals surface area contributed by atoms with Crippen LogP contribution in [0.3, 0.4) is 0 Å². The van der Waals surface area contributed by atoms with Crippen molar-refractivity contribution in [2.24, 2.45) is 0 Å². The van der Waals surface area contributed by atoms with Crippen LogP contribution in [0.25, 0.3) is 22.6 Å². The first-order chi connectivity index (χ1) is 11.7. The molecular formula is C18H11ClN2O2S. The van der Waals surface area contributed by atoms with Crippen LogP contribution < -0.4 is 5.32 Å². The molecule has 0 unspecified atom stereocenters. The van der Waals surface area contributed by atoms with Crippen LogP contribution >= 0.6 is 22.9 Å². The van der Waals surface area contributed by atoms with E-state index in [1.165, 1.54) is 11.3 Å². The van der Waals surface area contributed by atoms with Crippen molar-refractivity contribution < 1.29 is 9.21 Å². The van der Waals surface area contributed by atoms with E-state index >= 15 is 0 Å². The highest BCUT2D eigenvalue weighted by atomic mass is 35.5. The third-order valence-corrected chi connectivity index (χ3v) is 4.68. The predicted octanol–water partition coefficient (Wildman–Crippen LogP) is 5.46. The van der Waals surface area contributed by atoms with Gasteiger partial charge < -0.3 is 9.73 Å². The summed E-state index contributed by atoms with van der Waals surface area (Å²) in [7, 11) is 0. The number of para-hydroxylation sites is 2. The first-order valence-electron chi connectivity index (χ1n) is 7.21. The molecule has 2 aromatic heterocycles. The van der Waals surface area contributed by atoms with Crippen molar-refractivity contribution in [2.45, 2.75) is 0 Å². The fourth-order valence-corrected chi connectivity index (χ4v) is 3.23. The Hall–Kier alpha value is -2.63. The number of carbonyl (C=O) groups is 1. The standard InChI is InChI=1S/C18H11ClN2O2S/c19-13-10-11(20-17(22)16-6-3-9-24-16)7-8-12(13)18-21-14-4-1-2-5-15(14)23-18/h1-10H,(H,20,22). The van der Waals surface area contributed by atoms with Crippen LogP contribution in [0, 0.1) is 0 Å². The van der Waals surface area contributed by atoms with Crippen molar-refractivity contribution in [1.29, 1.82) is 0 Å². The fraction of sp³-hybridized carbons (Fsp3) is 0. The van der Waals surface area contributed by atoms with E-state index in [1.54, 1.807) is 24.3 Å². The minimum Gasteiger partial charge on any atom is -0.436 e. The Labute approximate surface area is 146 Å². The Morgan fingerprint density at radius 2 is 2.00 bits per heavy atom. The summed E-state index contributed by atoms with van der Waals surface area (Å²) < 4.78 is 5.73. The van der Waals surface area contributed by atoms with Gasteiger partial charge in [-0.15, -0.1) is 11.3 Å². The van der Waals surface area contributed by atoms with Gasteiger partial charge in [0.2, 0.25) is 5.89 Å². The molecule has 0 atom stereocenters. The van der Waals surface area contributed by atoms with E-state index in [-0.39, 0.29) is 5.91 Å². The van der Waals surface area contributed by atoms with Gasteiger partial charge in [-0.25, -0.2) is 4.98 Å². The van der Waals surface area contributed by atoms with Gasteiger partial charge in [-0.1, -0.05) is 29.8 Å². The number of rotatable bonds is 3. The van der Waals surface area contributed by atoms with Gasteiger partial charge in [-0.2, -0.15) is 0 Å². The van der Waals surface area contributed by atoms with Crippen LogP contribution in [-0.2, 0) is 0 Å². The molecule has 0 saturated carbocycles. The molecule has 24 heavy (non-hydrogen) atoms. The Balaban J connectivity index is 1.63. The van der Waals surface area contributed by atoms with Crippen LogP contribution in [0.4, 0.5) is 5.69 Å². The number of nitrogens with one attached hydrogen (secondary N) is 1. The summed E-state index contributed by atoms with van der Waals surface area (Å²) in [6.45, 7) is 0. The molecular weight excluding hydrogens is 344 g/mol. The summed E-state index contributed by atoms with van der Waals surface area (Å²) in [4.78, 5) is 17.2. The number of thiophene rings is 1. The lowest BCUT2D eigenvalue weighted by molar-refractivity contribution is 0.103. The van der Waals surface area contributed by atoms with E-state index in [1.807, 2.05) is 35.7 Å². The number of oxazole rings is 1. The van der Waals surface area contributed by atoms with Crippen LogP contribution in [-0.4, -0.2) is 10.9 Å². The van der Waals surface area contributed by atoms with Crippen molar-refractivity contribution in [1.82, 2.24) is 4.98 Å². The fourth-order valence-electron chi connectivity index (χ4n) is 2.35. The molecule has 0 saturated heterocycles. The molecule has 2 heterocycles. The second kappa shape index (κ2) is 6.11. The average molecular weight is 355 g/mol. The highest BCUT2D eigenvalue weighted by Crippen LogP contribution is 2.32. The van der Waals surface area contributed by atoms with E-state index < -0.39 is 0 Å². The zero-order valence-corrected chi connectivity index (χ0v) is 13.9. The predicted molar refractivity (Wildman–Crippen MR) is 96.7 cm³/mol. The second-order valence-corrected chi connectivity index (χ2v) is 6.47. The quantitative estimate of drug-likeness (QED) is 0.531. The molecule has 0 fully saturated rings. The third-order valence-electron chi connectivity index (χ3n) is 3.50. The number of hydrogen-bond acceptors (Lipinski definition) is 4. The molecule has 4 nitrogen and oxygen atoms in total. The van der Waals surface area contributed by atoms with Gasteiger partial charge in [0, 0.05) is 5.69 Å². The molecule has 4 aromatic rings. The van der Waals surface area contributed by atoms with Gasteiger partial charge >= 0.3 is 0 Å². The zero-order chi connectivity index (χ0) is 16.5. The second-order valence-electron chi connectivity index (χ2n) is 5.11. The maximum Gasteiger partial charge on any atom is 0.265 e. The number of carbonyl (C=O) groups excluding carboxylic acids is 1. The first kappa shape index (κ1) is 14.9. The normalized spacial score (nSPS) is 10.9. The number of nitrogens with zero attached hydrogens (tertiary/aromatic N) is 1. The lowest BCUT2D eigenvalue weighted by Crippen LogP contribution is -2.09. The van der Waals surface area contributed by atoms with Gasteiger partial charge in [0.1, 0.15) is 5.52 Å². The van der Waals surface area contributed by atoms with Gasteiger partial charge in [0.25, 0.3) is 5.91 Å². The maximum atomic E-state index is 12.1. The van der Waals surface area contributed by atoms with E-state index in [0.29, 0.717) is 32.6 Å². The van der Waals surface area contributed by atoms with E-state index in [4.69, 9.17) is 16.0 Å². The smallest absolute Gasteiger partial charge is 0.265 e. The highest BCUT2D eigenvalue weighted by molar-refractivity contribution is 7.12. The van der Waals surface area contributed by atoms with Crippen molar-refractivity contribution >= 4 is 45.6 Å². The third kappa shape index (κ3) is 2.79. The van der Waals surface area contributed by atoms with Crippen LogP contribution in [0.15, 0.2) is 64.4 Å². The van der Waals surface area contributed by atoms with Gasteiger partial charge in [-0.3, -0.25) is 4.79 Å². The van der Waals surface area contributed by atoms with Crippen molar-refractivity contribution in [3.63, 3.8) is 0 Å². The molecule has 1 N–H and O–H groups in total. The summed E-state index contributed by atoms with van der Waals surface area (Å²) >= 11 is 7.74. The topological polar surface area (TPSA) is 55.1 Å². The van der Waals surface area contributed by atoms with Crippen molar-refractivity contribution in [3.05, 3.63) is 69.9 Å². The van der Waals surface area contributed by atoms with E-state index in [0.717, 1.165) is 5.52 Å². The molecule has 0 spiro atoms. The average Bonchev–Trinajstić information content (AvgIpc) is 3.24. The molecule has 0 aliphatic rings. The molecule has 0 aliphatic carbocycles. The number of halogens is 1. The molecule has 0 bridgehead atoms. The zero-order valence-electron chi connectivity index (χ0n) is 12.3. The van der Waals surface area contributed by atoms with E-state index in [9.17, 15) is 4.79 Å². The largest absolute Gasteiger partial charge is 0.436 e. The Kier molecular flexibility index (Phi) is 3.80. The maximum absolute atomic E-state index is 12.1. The number of amides is 1. The summed E-state index contributed by atoms with van der Waals surface area (Å²) in [6.07, 6.45) is 0. The molecule has 4 rings (SSSR count). The molecule has 6 heteroatoms. The molecule has 1 amide bonds. The SMILES string of the molecule is O=C(Nc1ccc(-c2nc3ccccc3o2)c(Cl)c1)c1cccs1. The number of hydrogen-bond donors (Lipinski definition) is 1. The number of anilines is 1. The summed E-state index contributed by atoms with van der Waals surface area (Å²) in [5, 5.41) is 5.15. The number of fused-ring (bicyclic) bond motifs is 1. The minimum atomic E-state index is -0.157. The molecule has 0 aliphatic heterocycles. The number of aromatic nitrogens is 1. The molecule has 118 valence electrons. The monoisotopic (exact) mass is 354 g/mol. The lowest BCUT2D eigenvalue weighted by Gasteiger charge is -2.06. The van der Waals surface area contributed by atoms with Crippen molar-refractivity contribution in [3.8, 4) is 11.5 Å². The van der Waals surface area contributed by atoms with E-state index in [2.05, 4.69) is 10.3 Å². The minimum absolute atomic E-state index is 0.157. The lowest BCUT2D eigenvalue weighted by atomic mass is 10.2. The summed E-state index contributed by atoms with van der Waals surface area (Å²) in [5.41, 5.74) is 2.79. The van der Waals surface area contributed by atoms with Gasteiger partial charge in [-0.05, 0) is 41.8 Å². The van der Waals surface area contributed by atoms with Crippen molar-refractivity contribution in [2.75, 3.05) is 5.32 Å². The van der Waals surface area contributed by atoms with Crippen LogP contribution in [0.5, 0.6) is 0 Å². The highest BCUT2D eigenvalue weighted by Gasteiger charge is 2.13. The van der Waals surface area contributed by atoms with Crippen LogP contribution in [0.2, 0.25) is 5.02 Å². The van der Waals surface area contributed by atoms with Gasteiger partial charge in [0.15, 0.2) is 5.58 Å². The summed E-state index contributed by atoms with van der Waals surface area (Å²) in [5.74, 6) is 0.299. The summed E-state index contributed by atoms with van der Waals surface area (Å²) in [6, 6.07) is 16.4. The molecule has 0 radical (unpaired) electrons. The molecule has 2 aromatic carbocycles. The van der Waals surface area contributed by atoms with Crippen LogP contribution in [0.1, 0.15) is 9.67 Å². The Bertz CT molecular complexity index is 992. The van der Waals surface area contributed by atoms with Gasteiger partial charge in [0.05, 0.1) is 15.5 Å². The number of benzene rings is 2. The first-order valence-corrected chi connectivity index (χ1v) is 8.47. The Morgan fingerprint density at radius 1 is 1.12 bits per heavy atom.